The predicted molar refractivity (Wildman–Crippen MR) is 133 cm³/mol. The molecule has 0 spiro atoms. The van der Waals surface area contributed by atoms with E-state index in [9.17, 15) is 9.59 Å². The first-order chi connectivity index (χ1) is 16.2. The Morgan fingerprint density at radius 2 is 1.65 bits per heavy atom. The van der Waals surface area contributed by atoms with Crippen molar-refractivity contribution in [1.82, 2.24) is 13.7 Å². The molecule has 5 rings (SSSR count). The van der Waals surface area contributed by atoms with Gasteiger partial charge in [-0.25, -0.2) is 4.79 Å². The number of hydrogen-bond donors (Lipinski definition) is 0. The van der Waals surface area contributed by atoms with Gasteiger partial charge in [-0.1, -0.05) is 35.9 Å². The lowest BCUT2D eigenvalue weighted by Crippen LogP contribution is -2.40. The zero-order chi connectivity index (χ0) is 24.4. The van der Waals surface area contributed by atoms with E-state index in [1.807, 2.05) is 48.5 Å². The molecule has 7 nitrogen and oxygen atoms in total. The van der Waals surface area contributed by atoms with Gasteiger partial charge >= 0.3 is 5.69 Å². The van der Waals surface area contributed by atoms with Gasteiger partial charge in [0.05, 0.1) is 41.5 Å². The normalized spacial score (nSPS) is 17.1. The standard InChI is InChI=1S/C26H26ClN3O4/c1-26(2)14-34-23(16-8-12-18(33-5)13-9-16)22-21-19(24(31)29(4)25(32)28(21)3)20(30(22)26)15-6-10-17(27)11-7-15/h6-13,23H,14H2,1-5H3/t23-/m1/s1. The van der Waals surface area contributed by atoms with E-state index in [1.165, 1.54) is 7.05 Å². The van der Waals surface area contributed by atoms with Gasteiger partial charge in [-0.05, 0) is 49.2 Å². The summed E-state index contributed by atoms with van der Waals surface area (Å²) in [5, 5.41) is 1.09. The third-order valence-corrected chi connectivity index (χ3v) is 6.85. The van der Waals surface area contributed by atoms with Crippen LogP contribution in [-0.2, 0) is 24.4 Å². The summed E-state index contributed by atoms with van der Waals surface area (Å²) in [5.74, 6) is 0.739. The van der Waals surface area contributed by atoms with Gasteiger partial charge in [-0.3, -0.25) is 13.9 Å². The van der Waals surface area contributed by atoms with Gasteiger partial charge in [-0.15, -0.1) is 0 Å². The number of rotatable bonds is 3. The molecule has 0 fully saturated rings. The molecule has 1 aliphatic rings. The average molecular weight is 480 g/mol. The molecule has 1 atom stereocenters. The number of ether oxygens (including phenoxy) is 2. The molecule has 8 heteroatoms. The van der Waals surface area contributed by atoms with Crippen LogP contribution in [0.1, 0.15) is 31.2 Å². The van der Waals surface area contributed by atoms with Gasteiger partial charge in [0.25, 0.3) is 5.56 Å². The maximum absolute atomic E-state index is 13.6. The van der Waals surface area contributed by atoms with E-state index < -0.39 is 11.6 Å². The number of methoxy groups -OCH3 is 1. The van der Waals surface area contributed by atoms with E-state index in [-0.39, 0.29) is 11.2 Å². The molecule has 0 saturated carbocycles. The lowest BCUT2D eigenvalue weighted by Gasteiger charge is -2.39. The van der Waals surface area contributed by atoms with Crippen LogP contribution >= 0.6 is 11.6 Å². The molecule has 0 radical (unpaired) electrons. The van der Waals surface area contributed by atoms with Crippen LogP contribution < -0.4 is 16.0 Å². The van der Waals surface area contributed by atoms with Crippen molar-refractivity contribution in [3.05, 3.63) is 85.6 Å². The van der Waals surface area contributed by atoms with Gasteiger partial charge < -0.3 is 14.0 Å². The van der Waals surface area contributed by atoms with Crippen molar-refractivity contribution >= 4 is 22.5 Å². The van der Waals surface area contributed by atoms with Crippen LogP contribution in [-0.4, -0.2) is 27.4 Å². The summed E-state index contributed by atoms with van der Waals surface area (Å²) in [5.41, 5.74) is 2.66. The lowest BCUT2D eigenvalue weighted by atomic mass is 9.98. The predicted octanol–water partition coefficient (Wildman–Crippen LogP) is 4.22. The van der Waals surface area contributed by atoms with Gasteiger partial charge in [0.1, 0.15) is 11.9 Å². The van der Waals surface area contributed by atoms with Crippen LogP contribution in [0.15, 0.2) is 58.1 Å². The van der Waals surface area contributed by atoms with Gasteiger partial charge in [0.2, 0.25) is 0 Å². The van der Waals surface area contributed by atoms with Crippen molar-refractivity contribution in [3.8, 4) is 17.0 Å². The Morgan fingerprint density at radius 1 is 1.00 bits per heavy atom. The van der Waals surface area contributed by atoms with Gasteiger partial charge in [0, 0.05) is 19.1 Å². The molecule has 176 valence electrons. The second-order valence-electron chi connectivity index (χ2n) is 9.28. The molecule has 2 aromatic heterocycles. The van der Waals surface area contributed by atoms with Crippen LogP contribution in [0.4, 0.5) is 0 Å². The highest BCUT2D eigenvalue weighted by molar-refractivity contribution is 6.30. The summed E-state index contributed by atoms with van der Waals surface area (Å²) in [6.45, 7) is 4.57. The summed E-state index contributed by atoms with van der Waals surface area (Å²) >= 11 is 6.17. The summed E-state index contributed by atoms with van der Waals surface area (Å²) in [6, 6.07) is 15.1. The first kappa shape index (κ1) is 22.5. The van der Waals surface area contributed by atoms with Crippen LogP contribution in [0.3, 0.4) is 0 Å². The molecule has 4 aromatic rings. The maximum Gasteiger partial charge on any atom is 0.331 e. The SMILES string of the molecule is COc1ccc([C@H]2OCC(C)(C)n3c(-c4ccc(Cl)cc4)c4c(=O)n(C)c(=O)n(C)c4c32)cc1. The second kappa shape index (κ2) is 7.89. The van der Waals surface area contributed by atoms with E-state index in [0.717, 1.165) is 32.8 Å². The van der Waals surface area contributed by atoms with E-state index >= 15 is 0 Å². The van der Waals surface area contributed by atoms with E-state index in [4.69, 9.17) is 21.1 Å². The molecule has 0 bridgehead atoms. The fraction of sp³-hybridized carbons (Fsp3) is 0.308. The van der Waals surface area contributed by atoms with E-state index in [2.05, 4.69) is 18.4 Å². The minimum Gasteiger partial charge on any atom is -0.497 e. The third-order valence-electron chi connectivity index (χ3n) is 6.60. The molecule has 34 heavy (non-hydrogen) atoms. The number of benzene rings is 2. The molecular formula is C26H26ClN3O4. The van der Waals surface area contributed by atoms with E-state index in [0.29, 0.717) is 22.5 Å². The van der Waals surface area contributed by atoms with Crippen molar-refractivity contribution in [2.75, 3.05) is 13.7 Å². The summed E-state index contributed by atoms with van der Waals surface area (Å²) in [6.07, 6.45) is -0.472. The third kappa shape index (κ3) is 3.22. The number of halogens is 1. The summed E-state index contributed by atoms with van der Waals surface area (Å²) < 4.78 is 16.6. The highest BCUT2D eigenvalue weighted by Crippen LogP contribution is 2.45. The second-order valence-corrected chi connectivity index (χ2v) is 9.72. The number of nitrogens with zero attached hydrogens (tertiary/aromatic N) is 3. The summed E-state index contributed by atoms with van der Waals surface area (Å²) in [4.78, 5) is 26.6. The van der Waals surface area contributed by atoms with Crippen molar-refractivity contribution in [2.45, 2.75) is 25.5 Å². The van der Waals surface area contributed by atoms with Gasteiger partial charge in [-0.2, -0.15) is 0 Å². The Hall–Kier alpha value is -3.29. The smallest absolute Gasteiger partial charge is 0.331 e. The van der Waals surface area contributed by atoms with Crippen molar-refractivity contribution in [1.29, 1.82) is 0 Å². The first-order valence-electron chi connectivity index (χ1n) is 11.0. The molecule has 0 aliphatic carbocycles. The van der Waals surface area contributed by atoms with Crippen LogP contribution in [0, 0.1) is 0 Å². The molecule has 2 aromatic carbocycles. The molecule has 3 heterocycles. The molecule has 0 N–H and O–H groups in total. The van der Waals surface area contributed by atoms with Crippen molar-refractivity contribution < 1.29 is 9.47 Å². The van der Waals surface area contributed by atoms with Crippen molar-refractivity contribution in [2.24, 2.45) is 14.1 Å². The maximum atomic E-state index is 13.6. The minimum absolute atomic E-state index is 0.339. The Labute approximate surface area is 201 Å². The fourth-order valence-electron chi connectivity index (χ4n) is 4.91. The van der Waals surface area contributed by atoms with Crippen LogP contribution in [0.25, 0.3) is 22.2 Å². The molecule has 0 saturated heterocycles. The number of hydrogen-bond acceptors (Lipinski definition) is 4. The Bertz CT molecular complexity index is 1530. The van der Waals surface area contributed by atoms with Crippen LogP contribution in [0.5, 0.6) is 5.75 Å². The van der Waals surface area contributed by atoms with E-state index in [1.54, 1.807) is 18.7 Å². The first-order valence-corrected chi connectivity index (χ1v) is 11.4. The average Bonchev–Trinajstić information content (AvgIpc) is 3.20. The number of aromatic nitrogens is 3. The zero-order valence-corrected chi connectivity index (χ0v) is 20.5. The highest BCUT2D eigenvalue weighted by Gasteiger charge is 2.40. The molecule has 0 amide bonds. The largest absolute Gasteiger partial charge is 0.497 e. The topological polar surface area (TPSA) is 67.4 Å². The van der Waals surface area contributed by atoms with Crippen molar-refractivity contribution in [3.63, 3.8) is 0 Å². The number of aryl methyl sites for hydroxylation is 1. The molecular weight excluding hydrogens is 454 g/mol. The van der Waals surface area contributed by atoms with Crippen LogP contribution in [0.2, 0.25) is 5.02 Å². The highest BCUT2D eigenvalue weighted by atomic mass is 35.5. The van der Waals surface area contributed by atoms with Gasteiger partial charge in [0.15, 0.2) is 0 Å². The Morgan fingerprint density at radius 3 is 2.26 bits per heavy atom. The number of fused-ring (bicyclic) bond motifs is 3. The minimum atomic E-state index is -0.479. The lowest BCUT2D eigenvalue weighted by molar-refractivity contribution is -0.00708. The molecule has 0 unspecified atom stereocenters. The monoisotopic (exact) mass is 479 g/mol. The Balaban J connectivity index is 1.96. The quantitative estimate of drug-likeness (QED) is 0.441. The zero-order valence-electron chi connectivity index (χ0n) is 19.8. The summed E-state index contributed by atoms with van der Waals surface area (Å²) in [7, 11) is 4.83. The Kier molecular flexibility index (Phi) is 5.22. The fourth-order valence-corrected chi connectivity index (χ4v) is 5.04. The molecule has 1 aliphatic heterocycles.